The normalized spacial score (nSPS) is 21.8. The molecule has 0 saturated heterocycles. The molecule has 0 aliphatic carbocycles. The van der Waals surface area contributed by atoms with E-state index in [9.17, 15) is 0 Å². The monoisotopic (exact) mass is 176 g/mol. The lowest BCUT2D eigenvalue weighted by Gasteiger charge is -2.09. The second kappa shape index (κ2) is 3.12. The van der Waals surface area contributed by atoms with Crippen LogP contribution >= 0.6 is 12.2 Å². The van der Waals surface area contributed by atoms with Crippen molar-refractivity contribution in [3.63, 3.8) is 0 Å². The van der Waals surface area contributed by atoms with Crippen LogP contribution in [0.25, 0.3) is 0 Å². The zero-order valence-electron chi connectivity index (χ0n) is 5.98. The summed E-state index contributed by atoms with van der Waals surface area (Å²) in [6.07, 6.45) is 1.42. The first-order valence-electron chi connectivity index (χ1n) is 3.09. The fraction of sp³-hybridized carbons (Fsp3) is 0.143. The fourth-order valence-electron chi connectivity index (χ4n) is 0.759. The Labute approximate surface area is 74.6 Å². The zero-order chi connectivity index (χ0) is 9.14. The van der Waals surface area contributed by atoms with Gasteiger partial charge in [-0.3, -0.25) is 0 Å². The van der Waals surface area contributed by atoms with Gasteiger partial charge in [0.25, 0.3) is 0 Å². The first-order valence-corrected chi connectivity index (χ1v) is 3.49. The highest BCUT2D eigenvalue weighted by molar-refractivity contribution is 7.80. The molecule has 1 heterocycles. The number of amidine groups is 1. The van der Waals surface area contributed by atoms with Gasteiger partial charge in [-0.25, -0.2) is 4.99 Å². The summed E-state index contributed by atoms with van der Waals surface area (Å²) in [5, 5.41) is 17.1. The van der Waals surface area contributed by atoms with Gasteiger partial charge in [-0.05, 0) is 6.08 Å². The molecular formula is C7H4N4S. The summed E-state index contributed by atoms with van der Waals surface area (Å²) in [5.41, 5.74) is 5.58. The Hall–Kier alpha value is -1.72. The minimum Gasteiger partial charge on any atom is -0.383 e. The average Bonchev–Trinajstić information content (AvgIpc) is 2.05. The second-order valence-electron chi connectivity index (χ2n) is 2.13. The molecule has 1 aliphatic rings. The van der Waals surface area contributed by atoms with Crippen LogP contribution in [0, 0.1) is 28.6 Å². The molecule has 0 aromatic heterocycles. The number of nitrogens with two attached hydrogens (primary N) is 1. The quantitative estimate of drug-likeness (QED) is 0.537. The maximum atomic E-state index is 8.56. The molecule has 0 aromatic rings. The maximum absolute atomic E-state index is 8.56. The summed E-state index contributed by atoms with van der Waals surface area (Å²) >= 11 is 4.76. The second-order valence-corrected chi connectivity index (χ2v) is 2.55. The van der Waals surface area contributed by atoms with Crippen molar-refractivity contribution in [2.45, 2.75) is 0 Å². The van der Waals surface area contributed by atoms with Crippen LogP contribution in [0.15, 0.2) is 16.6 Å². The van der Waals surface area contributed by atoms with Gasteiger partial charge in [-0.15, -0.1) is 0 Å². The van der Waals surface area contributed by atoms with E-state index in [0.29, 0.717) is 0 Å². The van der Waals surface area contributed by atoms with Crippen molar-refractivity contribution in [2.75, 3.05) is 0 Å². The van der Waals surface area contributed by atoms with Gasteiger partial charge in [0.1, 0.15) is 22.8 Å². The molecule has 4 nitrogen and oxygen atoms in total. The smallest absolute Gasteiger partial charge is 0.142 e. The number of rotatable bonds is 0. The van der Waals surface area contributed by atoms with Gasteiger partial charge in [0.05, 0.1) is 11.6 Å². The molecule has 2 N–H and O–H groups in total. The molecule has 0 fully saturated rings. The molecule has 0 radical (unpaired) electrons. The predicted octanol–water partition coefficient (Wildman–Crippen LogP) is 0.274. The van der Waals surface area contributed by atoms with Crippen molar-refractivity contribution < 1.29 is 0 Å². The molecule has 12 heavy (non-hydrogen) atoms. The van der Waals surface area contributed by atoms with E-state index in [4.69, 9.17) is 28.5 Å². The van der Waals surface area contributed by atoms with Gasteiger partial charge >= 0.3 is 0 Å². The Morgan fingerprint density at radius 1 is 1.58 bits per heavy atom. The standard InChI is InChI=1S/C7H4N4S/c8-2-4-1-5(3-9)7(12)11-6(4)10/h1,5H,(H2,10,11,12). The third-order valence-electron chi connectivity index (χ3n) is 1.37. The van der Waals surface area contributed by atoms with E-state index < -0.39 is 5.92 Å². The van der Waals surface area contributed by atoms with Gasteiger partial charge in [-0.2, -0.15) is 10.5 Å². The van der Waals surface area contributed by atoms with E-state index in [0.717, 1.165) is 0 Å². The number of aliphatic imine (C=N–C) groups is 1. The number of hydrogen-bond acceptors (Lipinski definition) is 4. The molecule has 0 bridgehead atoms. The molecule has 1 atom stereocenters. The molecule has 58 valence electrons. The average molecular weight is 176 g/mol. The van der Waals surface area contributed by atoms with E-state index in [1.54, 1.807) is 0 Å². The molecule has 5 heteroatoms. The highest BCUT2D eigenvalue weighted by Crippen LogP contribution is 2.12. The van der Waals surface area contributed by atoms with Gasteiger partial charge in [0, 0.05) is 0 Å². The van der Waals surface area contributed by atoms with Crippen molar-refractivity contribution in [3.8, 4) is 12.1 Å². The van der Waals surface area contributed by atoms with Crippen LogP contribution in [-0.2, 0) is 0 Å². The van der Waals surface area contributed by atoms with E-state index in [2.05, 4.69) is 4.99 Å². The first kappa shape index (κ1) is 8.38. The zero-order valence-corrected chi connectivity index (χ0v) is 6.80. The van der Waals surface area contributed by atoms with Crippen molar-refractivity contribution >= 4 is 23.0 Å². The summed E-state index contributed by atoms with van der Waals surface area (Å²) in [4.78, 5) is 3.92. The number of nitrogens with zero attached hydrogens (tertiary/aromatic N) is 3. The Balaban J connectivity index is 3.09. The molecule has 1 rings (SSSR count). The van der Waals surface area contributed by atoms with Gasteiger partial charge in [-0.1, -0.05) is 12.2 Å². The van der Waals surface area contributed by atoms with E-state index in [1.807, 2.05) is 12.1 Å². The summed E-state index contributed by atoms with van der Waals surface area (Å²) in [5.74, 6) is -0.504. The summed E-state index contributed by atoms with van der Waals surface area (Å²) < 4.78 is 0. The Kier molecular flexibility index (Phi) is 2.18. The van der Waals surface area contributed by atoms with Crippen molar-refractivity contribution in [3.05, 3.63) is 11.6 Å². The SMILES string of the molecule is N#CC1=CC(C#N)C(=S)N=C1N. The topological polar surface area (TPSA) is 86.0 Å². The lowest BCUT2D eigenvalue weighted by Crippen LogP contribution is -2.23. The van der Waals surface area contributed by atoms with Crippen LogP contribution < -0.4 is 5.73 Å². The number of hydrogen-bond donors (Lipinski definition) is 1. The van der Waals surface area contributed by atoms with Gasteiger partial charge in [0.2, 0.25) is 0 Å². The lowest BCUT2D eigenvalue weighted by molar-refractivity contribution is 1.12. The van der Waals surface area contributed by atoms with Crippen molar-refractivity contribution in [1.29, 1.82) is 10.5 Å². The summed E-state index contributed by atoms with van der Waals surface area (Å²) in [7, 11) is 0. The Morgan fingerprint density at radius 2 is 2.25 bits per heavy atom. The molecule has 0 amide bonds. The number of thiocarbonyl (C=S) groups is 1. The molecule has 1 unspecified atom stereocenters. The fourth-order valence-corrected chi connectivity index (χ4v) is 0.978. The molecule has 0 spiro atoms. The highest BCUT2D eigenvalue weighted by Gasteiger charge is 2.18. The molecular weight excluding hydrogens is 172 g/mol. The van der Waals surface area contributed by atoms with Crippen LogP contribution in [0.3, 0.4) is 0 Å². The van der Waals surface area contributed by atoms with Crippen LogP contribution in [0.5, 0.6) is 0 Å². The largest absolute Gasteiger partial charge is 0.383 e. The summed E-state index contributed by atoms with van der Waals surface area (Å²) in [6.45, 7) is 0. The van der Waals surface area contributed by atoms with Crippen LogP contribution in [0.2, 0.25) is 0 Å². The van der Waals surface area contributed by atoms with Crippen molar-refractivity contribution in [1.82, 2.24) is 0 Å². The van der Waals surface area contributed by atoms with E-state index >= 15 is 0 Å². The van der Waals surface area contributed by atoms with Gasteiger partial charge < -0.3 is 5.73 Å². The number of dihydropyridines is 1. The van der Waals surface area contributed by atoms with Gasteiger partial charge in [0.15, 0.2) is 0 Å². The van der Waals surface area contributed by atoms with E-state index in [-0.39, 0.29) is 16.4 Å². The van der Waals surface area contributed by atoms with Crippen LogP contribution in [-0.4, -0.2) is 10.8 Å². The molecule has 0 aromatic carbocycles. The molecule has 0 saturated carbocycles. The third kappa shape index (κ3) is 1.31. The Morgan fingerprint density at radius 3 is 2.75 bits per heavy atom. The first-order chi connectivity index (χ1) is 5.69. The van der Waals surface area contributed by atoms with Crippen molar-refractivity contribution in [2.24, 2.45) is 16.6 Å². The predicted molar refractivity (Wildman–Crippen MR) is 47.0 cm³/mol. The summed E-state index contributed by atoms with van der Waals surface area (Å²) in [6, 6.07) is 3.74. The maximum Gasteiger partial charge on any atom is 0.142 e. The van der Waals surface area contributed by atoms with Crippen LogP contribution in [0.1, 0.15) is 0 Å². The highest BCUT2D eigenvalue weighted by atomic mass is 32.1. The Bertz CT molecular complexity index is 366. The minimum absolute atomic E-state index is 0.0917. The number of nitriles is 2. The van der Waals surface area contributed by atoms with Crippen LogP contribution in [0.4, 0.5) is 0 Å². The van der Waals surface area contributed by atoms with E-state index in [1.165, 1.54) is 6.08 Å². The molecule has 1 aliphatic heterocycles. The third-order valence-corrected chi connectivity index (χ3v) is 1.71. The lowest BCUT2D eigenvalue weighted by atomic mass is 10.0. The minimum atomic E-state index is -0.595.